The Morgan fingerprint density at radius 3 is 2.48 bits per heavy atom. The molecule has 3 rings (SSSR count). The lowest BCUT2D eigenvalue weighted by atomic mass is 10.1. The summed E-state index contributed by atoms with van der Waals surface area (Å²) in [4.78, 5) is 18.5. The zero-order valence-electron chi connectivity index (χ0n) is 13.3. The SMILES string of the molecule is Cc1nc(-c2cnn(C)c2-c2ccc(OC(F)(F)F)cc2)cc(=O)[nH]1. The second-order valence-electron chi connectivity index (χ2n) is 5.32. The molecule has 130 valence electrons. The maximum atomic E-state index is 12.3. The van der Waals surface area contributed by atoms with Gasteiger partial charge in [-0.05, 0) is 31.2 Å². The lowest BCUT2D eigenvalue weighted by molar-refractivity contribution is -0.274. The Hall–Kier alpha value is -3.10. The number of alkyl halides is 3. The van der Waals surface area contributed by atoms with Gasteiger partial charge in [-0.1, -0.05) is 0 Å². The monoisotopic (exact) mass is 350 g/mol. The Labute approximate surface area is 139 Å². The number of nitrogens with zero attached hydrogens (tertiary/aromatic N) is 3. The molecule has 0 amide bonds. The van der Waals surface area contributed by atoms with E-state index in [4.69, 9.17) is 0 Å². The van der Waals surface area contributed by atoms with Gasteiger partial charge in [0, 0.05) is 24.2 Å². The number of ether oxygens (including phenoxy) is 1. The van der Waals surface area contributed by atoms with Crippen LogP contribution in [0.4, 0.5) is 13.2 Å². The molecule has 0 spiro atoms. The summed E-state index contributed by atoms with van der Waals surface area (Å²) in [5, 5.41) is 4.16. The molecular weight excluding hydrogens is 337 g/mol. The fourth-order valence-corrected chi connectivity index (χ4v) is 2.50. The van der Waals surface area contributed by atoms with Crippen molar-refractivity contribution in [1.82, 2.24) is 19.7 Å². The summed E-state index contributed by atoms with van der Waals surface area (Å²) in [6, 6.07) is 6.75. The molecule has 0 unspecified atom stereocenters. The molecule has 1 N–H and O–H groups in total. The molecule has 1 aromatic carbocycles. The summed E-state index contributed by atoms with van der Waals surface area (Å²) in [5.41, 5.74) is 1.97. The largest absolute Gasteiger partial charge is 0.573 e. The predicted molar refractivity (Wildman–Crippen MR) is 83.9 cm³/mol. The number of hydrogen-bond acceptors (Lipinski definition) is 4. The number of halogens is 3. The molecule has 0 aliphatic carbocycles. The molecule has 6 nitrogen and oxygen atoms in total. The van der Waals surface area contributed by atoms with Crippen LogP contribution in [-0.4, -0.2) is 26.1 Å². The number of aromatic amines is 1. The van der Waals surface area contributed by atoms with Gasteiger partial charge >= 0.3 is 6.36 Å². The van der Waals surface area contributed by atoms with E-state index in [1.54, 1.807) is 24.9 Å². The van der Waals surface area contributed by atoms with Crippen molar-refractivity contribution >= 4 is 0 Å². The van der Waals surface area contributed by atoms with Crippen molar-refractivity contribution in [1.29, 1.82) is 0 Å². The van der Waals surface area contributed by atoms with Crippen LogP contribution in [0, 0.1) is 6.92 Å². The molecule has 2 aromatic heterocycles. The highest BCUT2D eigenvalue weighted by molar-refractivity contribution is 5.79. The van der Waals surface area contributed by atoms with Crippen molar-refractivity contribution in [3.63, 3.8) is 0 Å². The van der Waals surface area contributed by atoms with Crippen LogP contribution in [0.2, 0.25) is 0 Å². The third-order valence-electron chi connectivity index (χ3n) is 3.44. The molecule has 0 fully saturated rings. The number of H-pyrrole nitrogens is 1. The number of aryl methyl sites for hydroxylation is 2. The summed E-state index contributed by atoms with van der Waals surface area (Å²) in [5.74, 6) is 0.135. The Morgan fingerprint density at radius 2 is 1.88 bits per heavy atom. The second kappa shape index (κ2) is 6.08. The average molecular weight is 350 g/mol. The van der Waals surface area contributed by atoms with Gasteiger partial charge in [0.15, 0.2) is 0 Å². The maximum Gasteiger partial charge on any atom is 0.573 e. The van der Waals surface area contributed by atoms with Gasteiger partial charge in [-0.3, -0.25) is 9.48 Å². The minimum atomic E-state index is -4.74. The van der Waals surface area contributed by atoms with Gasteiger partial charge in [0.05, 0.1) is 17.6 Å². The van der Waals surface area contributed by atoms with Gasteiger partial charge in [-0.25, -0.2) is 4.98 Å². The molecule has 3 aromatic rings. The highest BCUT2D eigenvalue weighted by Gasteiger charge is 2.31. The molecule has 0 aliphatic heterocycles. The molecular formula is C16H13F3N4O2. The van der Waals surface area contributed by atoms with E-state index < -0.39 is 6.36 Å². The van der Waals surface area contributed by atoms with Crippen molar-refractivity contribution < 1.29 is 17.9 Å². The van der Waals surface area contributed by atoms with Crippen LogP contribution in [0.5, 0.6) is 5.75 Å². The molecule has 0 bridgehead atoms. The van der Waals surface area contributed by atoms with E-state index >= 15 is 0 Å². The summed E-state index contributed by atoms with van der Waals surface area (Å²) in [7, 11) is 1.69. The van der Waals surface area contributed by atoms with E-state index in [1.165, 1.54) is 30.3 Å². The first-order valence-corrected chi connectivity index (χ1v) is 7.19. The van der Waals surface area contributed by atoms with E-state index in [2.05, 4.69) is 19.8 Å². The Balaban J connectivity index is 2.04. The summed E-state index contributed by atoms with van der Waals surface area (Å²) in [6.45, 7) is 1.66. The van der Waals surface area contributed by atoms with Gasteiger partial charge in [0.1, 0.15) is 11.6 Å². The molecule has 25 heavy (non-hydrogen) atoms. The van der Waals surface area contributed by atoms with Gasteiger partial charge in [-0.2, -0.15) is 5.10 Å². The average Bonchev–Trinajstić information content (AvgIpc) is 2.87. The minimum Gasteiger partial charge on any atom is -0.406 e. The number of nitrogens with one attached hydrogen (secondary N) is 1. The Kier molecular flexibility index (Phi) is 4.07. The first-order chi connectivity index (χ1) is 11.7. The lowest BCUT2D eigenvalue weighted by Gasteiger charge is -2.10. The zero-order chi connectivity index (χ0) is 18.2. The summed E-state index contributed by atoms with van der Waals surface area (Å²) < 4.78 is 42.2. The number of rotatable bonds is 3. The van der Waals surface area contributed by atoms with Gasteiger partial charge in [0.25, 0.3) is 5.56 Å². The second-order valence-corrected chi connectivity index (χ2v) is 5.32. The molecule has 9 heteroatoms. The first-order valence-electron chi connectivity index (χ1n) is 7.19. The standard InChI is InChI=1S/C16H13F3N4O2/c1-9-21-13(7-14(24)22-9)12-8-20-23(2)15(12)10-3-5-11(6-4-10)25-16(17,18)19/h3-8H,1-2H3,(H,21,22,24). The van der Waals surface area contributed by atoms with Crippen molar-refractivity contribution in [2.24, 2.45) is 7.05 Å². The summed E-state index contributed by atoms with van der Waals surface area (Å²) >= 11 is 0. The van der Waals surface area contributed by atoms with E-state index in [0.717, 1.165) is 0 Å². The molecule has 0 saturated carbocycles. The van der Waals surface area contributed by atoms with Crippen molar-refractivity contribution in [3.05, 3.63) is 52.7 Å². The van der Waals surface area contributed by atoms with Crippen LogP contribution in [0.1, 0.15) is 5.82 Å². The maximum absolute atomic E-state index is 12.3. The fraction of sp³-hybridized carbons (Fsp3) is 0.188. The fourth-order valence-electron chi connectivity index (χ4n) is 2.50. The van der Waals surface area contributed by atoms with Crippen LogP contribution >= 0.6 is 0 Å². The van der Waals surface area contributed by atoms with E-state index in [-0.39, 0.29) is 11.3 Å². The van der Waals surface area contributed by atoms with E-state index in [0.29, 0.717) is 28.3 Å². The normalized spacial score (nSPS) is 11.6. The predicted octanol–water partition coefficient (Wildman–Crippen LogP) is 3.04. The van der Waals surface area contributed by atoms with E-state index in [9.17, 15) is 18.0 Å². The van der Waals surface area contributed by atoms with Crippen LogP contribution < -0.4 is 10.3 Å². The minimum absolute atomic E-state index is 0.300. The molecule has 0 aliphatic rings. The topological polar surface area (TPSA) is 72.8 Å². The summed E-state index contributed by atoms with van der Waals surface area (Å²) in [6.07, 6.45) is -3.19. The van der Waals surface area contributed by atoms with E-state index in [1.807, 2.05) is 0 Å². The van der Waals surface area contributed by atoms with Crippen LogP contribution in [0.15, 0.2) is 41.3 Å². The van der Waals surface area contributed by atoms with Crippen molar-refractivity contribution in [2.45, 2.75) is 13.3 Å². The molecule has 0 radical (unpaired) electrons. The quantitative estimate of drug-likeness (QED) is 0.788. The molecule has 0 atom stereocenters. The highest BCUT2D eigenvalue weighted by atomic mass is 19.4. The third kappa shape index (κ3) is 3.70. The number of benzene rings is 1. The Bertz CT molecular complexity index is 959. The van der Waals surface area contributed by atoms with Crippen molar-refractivity contribution in [3.8, 4) is 28.3 Å². The first kappa shape index (κ1) is 16.7. The van der Waals surface area contributed by atoms with Crippen LogP contribution in [0.3, 0.4) is 0 Å². The Morgan fingerprint density at radius 1 is 1.20 bits per heavy atom. The van der Waals surface area contributed by atoms with Gasteiger partial charge in [0.2, 0.25) is 0 Å². The third-order valence-corrected chi connectivity index (χ3v) is 3.44. The molecule has 2 heterocycles. The molecule has 0 saturated heterocycles. The number of aromatic nitrogens is 4. The lowest BCUT2D eigenvalue weighted by Crippen LogP contribution is -2.16. The van der Waals surface area contributed by atoms with Crippen LogP contribution in [0.25, 0.3) is 22.5 Å². The zero-order valence-corrected chi connectivity index (χ0v) is 13.3. The van der Waals surface area contributed by atoms with Gasteiger partial charge in [-0.15, -0.1) is 13.2 Å². The van der Waals surface area contributed by atoms with Gasteiger partial charge < -0.3 is 9.72 Å². The van der Waals surface area contributed by atoms with Crippen LogP contribution in [-0.2, 0) is 7.05 Å². The highest BCUT2D eigenvalue weighted by Crippen LogP contribution is 2.32. The smallest absolute Gasteiger partial charge is 0.406 e. The van der Waals surface area contributed by atoms with Crippen molar-refractivity contribution in [2.75, 3.05) is 0 Å². The number of hydrogen-bond donors (Lipinski definition) is 1.